The highest BCUT2D eigenvalue weighted by molar-refractivity contribution is 7.47. The summed E-state index contributed by atoms with van der Waals surface area (Å²) in [5.74, 6) is -0.336. The molecule has 252 valence electrons. The number of unbranched alkanes of at least 4 members (excludes halogenated alkanes) is 18. The van der Waals surface area contributed by atoms with Crippen molar-refractivity contribution in [2.45, 2.75) is 155 Å². The summed E-state index contributed by atoms with van der Waals surface area (Å²) in [4.78, 5) is 22.3. The molecule has 2 unspecified atom stereocenters. The van der Waals surface area contributed by atoms with Crippen molar-refractivity contribution >= 4 is 13.8 Å². The maximum absolute atomic E-state index is 12.3. The topological polar surface area (TPSA) is 91.3 Å². The Balaban J connectivity index is 3.98. The van der Waals surface area contributed by atoms with Crippen molar-refractivity contribution in [3.8, 4) is 0 Å². The molecule has 0 aromatic rings. The van der Waals surface area contributed by atoms with Gasteiger partial charge in [-0.3, -0.25) is 13.8 Å². The summed E-state index contributed by atoms with van der Waals surface area (Å²) in [7, 11) is 1.67. The maximum Gasteiger partial charge on any atom is 0.472 e. The molecule has 0 saturated carbocycles. The smallest absolute Gasteiger partial charge is 0.457 e. The number of hydrogen-bond donors (Lipinski definition) is 1. The third kappa shape index (κ3) is 30.9. The van der Waals surface area contributed by atoms with E-state index in [0.717, 1.165) is 32.1 Å². The molecule has 0 spiro atoms. The number of ether oxygens (including phenoxy) is 2. The Kier molecular flexibility index (Phi) is 27.7. The predicted octanol–water partition coefficient (Wildman–Crippen LogP) is 8.99. The van der Waals surface area contributed by atoms with Gasteiger partial charge in [0.25, 0.3) is 0 Å². The zero-order chi connectivity index (χ0) is 31.4. The maximum atomic E-state index is 12.3. The highest BCUT2D eigenvalue weighted by atomic mass is 31.2. The second-order valence-corrected chi connectivity index (χ2v) is 14.4. The Morgan fingerprint density at radius 3 is 1.57 bits per heavy atom. The number of rotatable bonds is 32. The molecule has 0 heterocycles. The van der Waals surface area contributed by atoms with E-state index < -0.39 is 13.9 Å². The molecular weight excluding hydrogens is 553 g/mol. The van der Waals surface area contributed by atoms with E-state index in [4.69, 9.17) is 18.5 Å². The van der Waals surface area contributed by atoms with Crippen molar-refractivity contribution in [2.75, 3.05) is 54.1 Å². The SMILES string of the molecule is CCCCCCCCCCCCCCCCCCCOCC(COP(=O)(O)OCC[N+](C)(C)C)OC(=O)CCCCC. The highest BCUT2D eigenvalue weighted by Gasteiger charge is 2.26. The second kappa shape index (κ2) is 28.0. The van der Waals surface area contributed by atoms with Gasteiger partial charge >= 0.3 is 13.8 Å². The monoisotopic (exact) mass is 622 g/mol. The molecule has 1 N–H and O–H groups in total. The van der Waals surface area contributed by atoms with Crippen LogP contribution in [-0.4, -0.2) is 75.6 Å². The molecule has 0 fully saturated rings. The third-order valence-electron chi connectivity index (χ3n) is 7.42. The summed E-state index contributed by atoms with van der Waals surface area (Å²) < 4.78 is 34.4. The van der Waals surface area contributed by atoms with Crippen LogP contribution in [0.25, 0.3) is 0 Å². The minimum Gasteiger partial charge on any atom is -0.457 e. The average Bonchev–Trinajstić information content (AvgIpc) is 2.92. The van der Waals surface area contributed by atoms with Crippen LogP contribution in [-0.2, 0) is 27.9 Å². The first kappa shape index (κ1) is 41.5. The molecule has 0 rings (SSSR count). The number of phosphoric ester groups is 1. The Hall–Kier alpha value is -0.500. The van der Waals surface area contributed by atoms with Crippen molar-refractivity contribution in [2.24, 2.45) is 0 Å². The number of hydrogen-bond acceptors (Lipinski definition) is 6. The lowest BCUT2D eigenvalue weighted by atomic mass is 10.0. The molecule has 9 heteroatoms. The fraction of sp³-hybridized carbons (Fsp3) is 0.970. The van der Waals surface area contributed by atoms with Gasteiger partial charge in [-0.1, -0.05) is 129 Å². The van der Waals surface area contributed by atoms with Crippen LogP contribution in [0, 0.1) is 0 Å². The molecule has 2 atom stereocenters. The van der Waals surface area contributed by atoms with E-state index in [0.29, 0.717) is 24.1 Å². The fourth-order valence-electron chi connectivity index (χ4n) is 4.67. The third-order valence-corrected chi connectivity index (χ3v) is 8.40. The normalized spacial score (nSPS) is 14.1. The summed E-state index contributed by atoms with van der Waals surface area (Å²) in [6, 6.07) is 0. The van der Waals surface area contributed by atoms with Crippen LogP contribution >= 0.6 is 7.82 Å². The Labute approximate surface area is 259 Å². The van der Waals surface area contributed by atoms with Crippen molar-refractivity contribution < 1.29 is 37.3 Å². The standard InChI is InChI=1S/C33H68NO7P/c1-6-8-10-11-12-13-14-15-16-17-18-19-20-21-22-23-25-28-38-30-32(41-33(35)26-24-9-7-2)31-40-42(36,37)39-29-27-34(3,4)5/h32H,6-31H2,1-5H3/p+1. The number of esters is 1. The summed E-state index contributed by atoms with van der Waals surface area (Å²) >= 11 is 0. The van der Waals surface area contributed by atoms with Crippen molar-refractivity contribution in [3.63, 3.8) is 0 Å². The minimum absolute atomic E-state index is 0.0918. The van der Waals surface area contributed by atoms with Gasteiger partial charge in [0.2, 0.25) is 0 Å². The van der Waals surface area contributed by atoms with Crippen LogP contribution in [0.15, 0.2) is 0 Å². The number of carbonyl (C=O) groups is 1. The van der Waals surface area contributed by atoms with Gasteiger partial charge in [0.15, 0.2) is 0 Å². The summed E-state index contributed by atoms with van der Waals surface area (Å²) in [5.41, 5.74) is 0. The number of likely N-dealkylation sites (N-methyl/N-ethyl adjacent to an activating group) is 1. The lowest BCUT2D eigenvalue weighted by molar-refractivity contribution is -0.870. The van der Waals surface area contributed by atoms with Crippen LogP contribution in [0.2, 0.25) is 0 Å². The summed E-state index contributed by atoms with van der Waals surface area (Å²) in [6.45, 7) is 5.47. The van der Waals surface area contributed by atoms with Gasteiger partial charge in [-0.15, -0.1) is 0 Å². The van der Waals surface area contributed by atoms with Crippen LogP contribution < -0.4 is 0 Å². The number of carbonyl (C=O) groups excluding carboxylic acids is 1. The first-order valence-electron chi connectivity index (χ1n) is 17.3. The quantitative estimate of drug-likeness (QED) is 0.0346. The van der Waals surface area contributed by atoms with E-state index in [2.05, 4.69) is 13.8 Å². The van der Waals surface area contributed by atoms with Crippen LogP contribution in [0.1, 0.15) is 149 Å². The van der Waals surface area contributed by atoms with Crippen LogP contribution in [0.4, 0.5) is 0 Å². The zero-order valence-electron chi connectivity index (χ0n) is 28.3. The first-order valence-corrected chi connectivity index (χ1v) is 18.8. The molecule has 0 aliphatic carbocycles. The summed E-state index contributed by atoms with van der Waals surface area (Å²) in [6.07, 6.45) is 24.9. The number of quaternary nitrogens is 1. The predicted molar refractivity (Wildman–Crippen MR) is 174 cm³/mol. The van der Waals surface area contributed by atoms with Crippen LogP contribution in [0.3, 0.4) is 0 Å². The van der Waals surface area contributed by atoms with E-state index in [9.17, 15) is 14.3 Å². The zero-order valence-corrected chi connectivity index (χ0v) is 29.1. The number of nitrogens with zero attached hydrogens (tertiary/aromatic N) is 1. The Morgan fingerprint density at radius 2 is 1.10 bits per heavy atom. The molecule has 0 aromatic carbocycles. The summed E-state index contributed by atoms with van der Waals surface area (Å²) in [5, 5.41) is 0. The molecule has 0 radical (unpaired) electrons. The molecule has 42 heavy (non-hydrogen) atoms. The molecule has 0 aliphatic heterocycles. The van der Waals surface area contributed by atoms with E-state index in [-0.39, 0.29) is 25.8 Å². The average molecular weight is 623 g/mol. The highest BCUT2D eigenvalue weighted by Crippen LogP contribution is 2.43. The van der Waals surface area contributed by atoms with Crippen molar-refractivity contribution in [1.29, 1.82) is 0 Å². The lowest BCUT2D eigenvalue weighted by Gasteiger charge is -2.24. The van der Waals surface area contributed by atoms with E-state index >= 15 is 0 Å². The molecule has 0 bridgehead atoms. The van der Waals surface area contributed by atoms with Gasteiger partial charge in [0, 0.05) is 13.0 Å². The largest absolute Gasteiger partial charge is 0.472 e. The molecule has 0 aliphatic rings. The van der Waals surface area contributed by atoms with Crippen molar-refractivity contribution in [3.05, 3.63) is 0 Å². The molecule has 0 saturated heterocycles. The van der Waals surface area contributed by atoms with Gasteiger partial charge < -0.3 is 18.9 Å². The van der Waals surface area contributed by atoms with E-state index in [1.807, 2.05) is 21.1 Å². The lowest BCUT2D eigenvalue weighted by Crippen LogP contribution is -2.37. The minimum atomic E-state index is -4.24. The molecule has 0 amide bonds. The van der Waals surface area contributed by atoms with Gasteiger partial charge in [-0.05, 0) is 12.8 Å². The van der Waals surface area contributed by atoms with Gasteiger partial charge in [0.05, 0.1) is 34.4 Å². The van der Waals surface area contributed by atoms with E-state index in [1.54, 1.807) is 0 Å². The fourth-order valence-corrected chi connectivity index (χ4v) is 5.41. The molecular formula is C33H69NO7P+. The van der Waals surface area contributed by atoms with Crippen molar-refractivity contribution in [1.82, 2.24) is 0 Å². The van der Waals surface area contributed by atoms with Gasteiger partial charge in [-0.2, -0.15) is 0 Å². The Morgan fingerprint density at radius 1 is 0.643 bits per heavy atom. The first-order chi connectivity index (χ1) is 20.1. The Bertz CT molecular complexity index is 657. The molecule has 0 aromatic heterocycles. The van der Waals surface area contributed by atoms with E-state index in [1.165, 1.54) is 96.3 Å². The second-order valence-electron chi connectivity index (χ2n) is 12.9. The van der Waals surface area contributed by atoms with Gasteiger partial charge in [0.1, 0.15) is 19.3 Å². The molecule has 8 nitrogen and oxygen atoms in total. The van der Waals surface area contributed by atoms with Gasteiger partial charge in [-0.25, -0.2) is 4.57 Å². The van der Waals surface area contributed by atoms with Crippen LogP contribution in [0.5, 0.6) is 0 Å². The number of phosphoric acid groups is 1.